The highest BCUT2D eigenvalue weighted by Gasteiger charge is 2.45. The van der Waals surface area contributed by atoms with Gasteiger partial charge in [-0.15, -0.1) is 0 Å². The second-order valence-corrected chi connectivity index (χ2v) is 7.81. The van der Waals surface area contributed by atoms with Crippen LogP contribution in [-0.4, -0.2) is 41.4 Å². The van der Waals surface area contributed by atoms with Crippen molar-refractivity contribution in [2.24, 2.45) is 17.3 Å². The predicted molar refractivity (Wildman–Crippen MR) is 78.4 cm³/mol. The minimum atomic E-state index is -0.424. The van der Waals surface area contributed by atoms with E-state index < -0.39 is 5.60 Å². The Bertz CT molecular complexity index is 357. The lowest BCUT2D eigenvalue weighted by Gasteiger charge is -2.38. The Labute approximate surface area is 122 Å². The first kappa shape index (κ1) is 15.6. The summed E-state index contributed by atoms with van der Waals surface area (Å²) in [4.78, 5) is 13.9. The number of aliphatic hydroxyl groups is 1. The second kappa shape index (κ2) is 5.55. The smallest absolute Gasteiger partial charge is 0.410 e. The van der Waals surface area contributed by atoms with Gasteiger partial charge in [-0.1, -0.05) is 6.92 Å². The van der Waals surface area contributed by atoms with Crippen molar-refractivity contribution in [3.8, 4) is 0 Å². The fourth-order valence-corrected chi connectivity index (χ4v) is 3.15. The van der Waals surface area contributed by atoms with Crippen molar-refractivity contribution in [3.05, 3.63) is 0 Å². The average Bonchev–Trinajstić information content (AvgIpc) is 3.10. The van der Waals surface area contributed by atoms with Gasteiger partial charge >= 0.3 is 6.09 Å². The molecular weight excluding hydrogens is 254 g/mol. The van der Waals surface area contributed by atoms with Crippen molar-refractivity contribution in [1.29, 1.82) is 0 Å². The summed E-state index contributed by atoms with van der Waals surface area (Å²) in [6, 6.07) is 0. The minimum absolute atomic E-state index is 0.189. The Balaban J connectivity index is 1.84. The fraction of sp³-hybridized carbons (Fsp3) is 0.938. The summed E-state index contributed by atoms with van der Waals surface area (Å²) in [5, 5.41) is 9.46. The summed E-state index contributed by atoms with van der Waals surface area (Å²) in [7, 11) is 0. The molecule has 0 radical (unpaired) electrons. The molecule has 4 heteroatoms. The standard InChI is InChI=1S/C16H29NO3/c1-12-10-17(14(19)20-15(2,3)4)8-5-13(12)9-16(11-18)6-7-16/h12-13,18H,5-11H2,1-4H3. The van der Waals surface area contributed by atoms with E-state index in [1.165, 1.54) is 12.8 Å². The molecule has 1 aliphatic heterocycles. The molecule has 0 spiro atoms. The lowest BCUT2D eigenvalue weighted by atomic mass is 9.79. The van der Waals surface area contributed by atoms with E-state index in [-0.39, 0.29) is 11.5 Å². The quantitative estimate of drug-likeness (QED) is 0.866. The molecule has 2 atom stereocenters. The summed E-state index contributed by atoms with van der Waals surface area (Å²) in [6.07, 6.45) is 4.30. The summed E-state index contributed by atoms with van der Waals surface area (Å²) >= 11 is 0. The highest BCUT2D eigenvalue weighted by molar-refractivity contribution is 5.68. The van der Waals surface area contributed by atoms with Crippen molar-refractivity contribution in [3.63, 3.8) is 0 Å². The van der Waals surface area contributed by atoms with E-state index in [1.54, 1.807) is 0 Å². The van der Waals surface area contributed by atoms with E-state index in [0.717, 1.165) is 25.9 Å². The zero-order chi connectivity index (χ0) is 15.0. The number of amides is 1. The number of hydrogen-bond acceptors (Lipinski definition) is 3. The fourth-order valence-electron chi connectivity index (χ4n) is 3.15. The van der Waals surface area contributed by atoms with Gasteiger partial charge in [0, 0.05) is 19.7 Å². The van der Waals surface area contributed by atoms with Crippen molar-refractivity contribution in [2.75, 3.05) is 19.7 Å². The maximum absolute atomic E-state index is 12.1. The number of aliphatic hydroxyl groups excluding tert-OH is 1. The van der Waals surface area contributed by atoms with E-state index in [1.807, 2.05) is 25.7 Å². The summed E-state index contributed by atoms with van der Waals surface area (Å²) in [5.74, 6) is 1.11. The molecule has 0 aromatic heterocycles. The van der Waals surface area contributed by atoms with Crippen molar-refractivity contribution < 1.29 is 14.6 Å². The van der Waals surface area contributed by atoms with Crippen LogP contribution in [0, 0.1) is 17.3 Å². The van der Waals surface area contributed by atoms with Crippen LogP contribution in [0.2, 0.25) is 0 Å². The molecule has 1 saturated heterocycles. The topological polar surface area (TPSA) is 49.8 Å². The third kappa shape index (κ3) is 3.87. The zero-order valence-corrected chi connectivity index (χ0v) is 13.3. The number of carbonyl (C=O) groups excluding carboxylic acids is 1. The summed E-state index contributed by atoms with van der Waals surface area (Å²) in [5.41, 5.74) is -0.209. The summed E-state index contributed by atoms with van der Waals surface area (Å²) in [6.45, 7) is 9.81. The molecule has 2 aliphatic rings. The Morgan fingerprint density at radius 3 is 2.50 bits per heavy atom. The van der Waals surface area contributed by atoms with Gasteiger partial charge in [0.1, 0.15) is 5.60 Å². The van der Waals surface area contributed by atoms with Gasteiger partial charge < -0.3 is 14.7 Å². The lowest BCUT2D eigenvalue weighted by molar-refractivity contribution is 0.00863. The molecule has 2 fully saturated rings. The molecule has 20 heavy (non-hydrogen) atoms. The Kier molecular flexibility index (Phi) is 4.33. The Hall–Kier alpha value is -0.770. The van der Waals surface area contributed by atoms with Gasteiger partial charge in [-0.25, -0.2) is 4.79 Å². The molecule has 116 valence electrons. The largest absolute Gasteiger partial charge is 0.444 e. The minimum Gasteiger partial charge on any atom is -0.444 e. The van der Waals surface area contributed by atoms with Gasteiger partial charge in [-0.3, -0.25) is 0 Å². The van der Waals surface area contributed by atoms with E-state index in [0.29, 0.717) is 18.4 Å². The summed E-state index contributed by atoms with van der Waals surface area (Å²) < 4.78 is 5.44. The van der Waals surface area contributed by atoms with E-state index in [2.05, 4.69) is 6.92 Å². The van der Waals surface area contributed by atoms with Gasteiger partial charge in [0.05, 0.1) is 0 Å². The number of ether oxygens (including phenoxy) is 1. The maximum Gasteiger partial charge on any atom is 0.410 e. The Morgan fingerprint density at radius 1 is 1.40 bits per heavy atom. The van der Waals surface area contributed by atoms with Crippen LogP contribution in [-0.2, 0) is 4.74 Å². The van der Waals surface area contributed by atoms with E-state index in [4.69, 9.17) is 4.74 Å². The lowest BCUT2D eigenvalue weighted by Crippen LogP contribution is -2.45. The number of piperidine rings is 1. The molecule has 0 aromatic rings. The first-order valence-electron chi connectivity index (χ1n) is 7.83. The normalized spacial score (nSPS) is 29.1. The average molecular weight is 283 g/mol. The second-order valence-electron chi connectivity index (χ2n) is 7.81. The number of hydrogen-bond donors (Lipinski definition) is 1. The highest BCUT2D eigenvalue weighted by atomic mass is 16.6. The van der Waals surface area contributed by atoms with Crippen LogP contribution in [0.1, 0.15) is 53.4 Å². The third-order valence-electron chi connectivity index (χ3n) is 4.72. The van der Waals surface area contributed by atoms with Crippen molar-refractivity contribution in [1.82, 2.24) is 4.90 Å². The van der Waals surface area contributed by atoms with Crippen LogP contribution in [0.15, 0.2) is 0 Å². The van der Waals surface area contributed by atoms with Crippen molar-refractivity contribution >= 4 is 6.09 Å². The van der Waals surface area contributed by atoms with Crippen LogP contribution in [0.4, 0.5) is 4.79 Å². The van der Waals surface area contributed by atoms with Gasteiger partial charge in [0.25, 0.3) is 0 Å². The van der Waals surface area contributed by atoms with E-state index in [9.17, 15) is 9.90 Å². The molecule has 4 nitrogen and oxygen atoms in total. The monoisotopic (exact) mass is 283 g/mol. The van der Waals surface area contributed by atoms with Crippen LogP contribution in [0.3, 0.4) is 0 Å². The highest BCUT2D eigenvalue weighted by Crippen LogP contribution is 2.52. The van der Waals surface area contributed by atoms with Crippen LogP contribution in [0.25, 0.3) is 0 Å². The Morgan fingerprint density at radius 2 is 2.05 bits per heavy atom. The number of likely N-dealkylation sites (tertiary alicyclic amines) is 1. The molecule has 1 heterocycles. The van der Waals surface area contributed by atoms with Gasteiger partial charge in [-0.2, -0.15) is 0 Å². The zero-order valence-electron chi connectivity index (χ0n) is 13.3. The first-order valence-corrected chi connectivity index (χ1v) is 7.83. The van der Waals surface area contributed by atoms with Gasteiger partial charge in [0.15, 0.2) is 0 Å². The third-order valence-corrected chi connectivity index (χ3v) is 4.72. The molecule has 2 unspecified atom stereocenters. The van der Waals surface area contributed by atoms with Crippen LogP contribution < -0.4 is 0 Å². The molecule has 1 saturated carbocycles. The molecule has 0 aromatic carbocycles. The SMILES string of the molecule is CC1CN(C(=O)OC(C)(C)C)CCC1CC1(CO)CC1. The van der Waals surface area contributed by atoms with Gasteiger partial charge in [0.2, 0.25) is 0 Å². The number of nitrogens with zero attached hydrogens (tertiary/aromatic N) is 1. The van der Waals surface area contributed by atoms with Crippen LogP contribution >= 0.6 is 0 Å². The predicted octanol–water partition coefficient (Wildman–Crippen LogP) is 3.04. The van der Waals surface area contributed by atoms with Crippen molar-refractivity contribution in [2.45, 2.75) is 59.0 Å². The first-order chi connectivity index (χ1) is 9.25. The molecule has 1 amide bonds. The molecular formula is C16H29NO3. The molecule has 0 bridgehead atoms. The van der Waals surface area contributed by atoms with Gasteiger partial charge in [-0.05, 0) is 63.7 Å². The van der Waals surface area contributed by atoms with Crippen LogP contribution in [0.5, 0.6) is 0 Å². The molecule has 2 rings (SSSR count). The number of rotatable bonds is 3. The maximum atomic E-state index is 12.1. The molecule has 1 N–H and O–H groups in total. The molecule has 1 aliphatic carbocycles. The van der Waals surface area contributed by atoms with E-state index >= 15 is 0 Å². The number of carbonyl (C=O) groups is 1.